The Labute approximate surface area is 86.6 Å². The Morgan fingerprint density at radius 2 is 2.07 bits per heavy atom. The Bertz CT molecular complexity index is 311. The van der Waals surface area contributed by atoms with Gasteiger partial charge in [-0.2, -0.15) is 0 Å². The number of carbonyl (C=O) groups excluding carboxylic acids is 1. The van der Waals surface area contributed by atoms with E-state index in [4.69, 9.17) is 0 Å². The van der Waals surface area contributed by atoms with Gasteiger partial charge in [0.05, 0.1) is 0 Å². The van der Waals surface area contributed by atoms with Crippen molar-refractivity contribution >= 4 is 5.78 Å². The zero-order valence-corrected chi connectivity index (χ0v) is 9.68. The second-order valence-electron chi connectivity index (χ2n) is 5.51. The van der Waals surface area contributed by atoms with Crippen LogP contribution in [0.15, 0.2) is 11.1 Å². The van der Waals surface area contributed by atoms with E-state index in [1.54, 1.807) is 0 Å². The van der Waals surface area contributed by atoms with Gasteiger partial charge in [0, 0.05) is 6.42 Å². The van der Waals surface area contributed by atoms with Crippen LogP contribution in [0.2, 0.25) is 0 Å². The summed E-state index contributed by atoms with van der Waals surface area (Å²) in [5, 5.41) is 0. The molecular weight excluding hydrogens is 172 g/mol. The van der Waals surface area contributed by atoms with Crippen LogP contribution in [-0.2, 0) is 4.79 Å². The van der Waals surface area contributed by atoms with E-state index < -0.39 is 0 Å². The van der Waals surface area contributed by atoms with E-state index >= 15 is 0 Å². The van der Waals surface area contributed by atoms with Crippen LogP contribution in [0.3, 0.4) is 0 Å². The molecule has 0 unspecified atom stereocenters. The van der Waals surface area contributed by atoms with Crippen molar-refractivity contribution in [3.05, 3.63) is 11.1 Å². The molecule has 2 rings (SSSR count). The maximum absolute atomic E-state index is 11.7. The first-order valence-electron chi connectivity index (χ1n) is 5.70. The quantitative estimate of drug-likeness (QED) is 0.622. The third kappa shape index (κ3) is 1.11. The fourth-order valence-electron chi connectivity index (χ4n) is 3.68. The maximum Gasteiger partial charge on any atom is 0.159 e. The predicted octanol–water partition coefficient (Wildman–Crippen LogP) is 3.35. The zero-order chi connectivity index (χ0) is 10.5. The smallest absolute Gasteiger partial charge is 0.159 e. The number of ketones is 1. The van der Waals surface area contributed by atoms with Gasteiger partial charge in [-0.1, -0.05) is 26.3 Å². The zero-order valence-electron chi connectivity index (χ0n) is 9.68. The Hall–Kier alpha value is -0.590. The number of hydrogen-bond donors (Lipinski definition) is 0. The molecule has 2 atom stereocenters. The molecule has 0 aromatic carbocycles. The fourth-order valence-corrected chi connectivity index (χ4v) is 3.68. The molecule has 78 valence electrons. The molecule has 2 aliphatic carbocycles. The number of carbonyl (C=O) groups is 1. The molecule has 0 N–H and O–H groups in total. The Morgan fingerprint density at radius 1 is 1.43 bits per heavy atom. The standard InChI is InChI=1S/C13H20O/c1-8(2)10-5-6-11-9(3)12(14)7-13(10,11)4/h8,10H,5-7H2,1-4H3/t10-,13-/m1/s1. The van der Waals surface area contributed by atoms with E-state index in [1.165, 1.54) is 12.0 Å². The monoisotopic (exact) mass is 192 g/mol. The van der Waals surface area contributed by atoms with Gasteiger partial charge in [-0.3, -0.25) is 4.79 Å². The summed E-state index contributed by atoms with van der Waals surface area (Å²) in [5.41, 5.74) is 2.77. The fraction of sp³-hybridized carbons (Fsp3) is 0.769. The summed E-state index contributed by atoms with van der Waals surface area (Å²) < 4.78 is 0. The third-order valence-corrected chi connectivity index (χ3v) is 4.42. The van der Waals surface area contributed by atoms with Crippen molar-refractivity contribution in [2.45, 2.75) is 47.0 Å². The van der Waals surface area contributed by atoms with Crippen molar-refractivity contribution in [2.24, 2.45) is 17.3 Å². The molecule has 0 aromatic heterocycles. The summed E-state index contributed by atoms with van der Waals surface area (Å²) in [5.74, 6) is 1.82. The summed E-state index contributed by atoms with van der Waals surface area (Å²) >= 11 is 0. The van der Waals surface area contributed by atoms with E-state index in [9.17, 15) is 4.79 Å². The lowest BCUT2D eigenvalue weighted by Gasteiger charge is -2.31. The highest BCUT2D eigenvalue weighted by atomic mass is 16.1. The molecule has 0 aromatic rings. The number of Topliss-reactive ketones (excluding diaryl/α,β-unsaturated/α-hetero) is 1. The molecule has 0 heterocycles. The van der Waals surface area contributed by atoms with Crippen molar-refractivity contribution < 1.29 is 4.79 Å². The first kappa shape index (κ1) is 9.95. The molecule has 0 spiro atoms. The Kier molecular flexibility index (Phi) is 2.09. The van der Waals surface area contributed by atoms with Gasteiger partial charge in [0.25, 0.3) is 0 Å². The molecule has 0 aliphatic heterocycles. The van der Waals surface area contributed by atoms with E-state index in [0.29, 0.717) is 11.7 Å². The molecule has 0 saturated heterocycles. The molecule has 14 heavy (non-hydrogen) atoms. The second kappa shape index (κ2) is 2.95. The number of hydrogen-bond acceptors (Lipinski definition) is 1. The minimum atomic E-state index is 0.218. The van der Waals surface area contributed by atoms with E-state index in [1.807, 2.05) is 6.92 Å². The van der Waals surface area contributed by atoms with Crippen LogP contribution in [0.25, 0.3) is 0 Å². The number of rotatable bonds is 1. The highest BCUT2D eigenvalue weighted by molar-refractivity contribution is 5.99. The normalized spacial score (nSPS) is 37.2. The molecule has 0 amide bonds. The van der Waals surface area contributed by atoms with Crippen LogP contribution in [0.5, 0.6) is 0 Å². The molecule has 1 fully saturated rings. The van der Waals surface area contributed by atoms with Gasteiger partial charge in [0.1, 0.15) is 0 Å². The summed E-state index contributed by atoms with van der Waals surface area (Å²) in [4.78, 5) is 11.7. The second-order valence-corrected chi connectivity index (χ2v) is 5.51. The molecule has 2 aliphatic rings. The van der Waals surface area contributed by atoms with Crippen molar-refractivity contribution in [1.82, 2.24) is 0 Å². The van der Waals surface area contributed by atoms with Gasteiger partial charge in [-0.05, 0) is 42.6 Å². The van der Waals surface area contributed by atoms with Crippen LogP contribution >= 0.6 is 0 Å². The molecule has 0 bridgehead atoms. The topological polar surface area (TPSA) is 17.1 Å². The summed E-state index contributed by atoms with van der Waals surface area (Å²) in [6.45, 7) is 8.90. The average molecular weight is 192 g/mol. The van der Waals surface area contributed by atoms with Gasteiger partial charge < -0.3 is 0 Å². The highest BCUT2D eigenvalue weighted by Crippen LogP contribution is 2.57. The molecule has 1 heteroatoms. The molecule has 1 nitrogen and oxygen atoms in total. The van der Waals surface area contributed by atoms with E-state index in [-0.39, 0.29) is 5.41 Å². The van der Waals surface area contributed by atoms with Crippen molar-refractivity contribution in [1.29, 1.82) is 0 Å². The lowest BCUT2D eigenvalue weighted by Crippen LogP contribution is -2.26. The van der Waals surface area contributed by atoms with E-state index in [2.05, 4.69) is 20.8 Å². The van der Waals surface area contributed by atoms with Crippen LogP contribution in [0.4, 0.5) is 0 Å². The minimum Gasteiger partial charge on any atom is -0.295 e. The van der Waals surface area contributed by atoms with Gasteiger partial charge in [-0.15, -0.1) is 0 Å². The first-order chi connectivity index (χ1) is 6.47. The van der Waals surface area contributed by atoms with Gasteiger partial charge in [-0.25, -0.2) is 0 Å². The Morgan fingerprint density at radius 3 is 2.64 bits per heavy atom. The van der Waals surface area contributed by atoms with Gasteiger partial charge >= 0.3 is 0 Å². The van der Waals surface area contributed by atoms with Crippen LogP contribution in [0, 0.1) is 17.3 Å². The minimum absolute atomic E-state index is 0.218. The lowest BCUT2D eigenvalue weighted by molar-refractivity contribution is -0.116. The van der Waals surface area contributed by atoms with Crippen molar-refractivity contribution in [2.75, 3.05) is 0 Å². The predicted molar refractivity (Wildman–Crippen MR) is 58.0 cm³/mol. The molecule has 0 radical (unpaired) electrons. The van der Waals surface area contributed by atoms with Gasteiger partial charge in [0.2, 0.25) is 0 Å². The third-order valence-electron chi connectivity index (χ3n) is 4.42. The maximum atomic E-state index is 11.7. The highest BCUT2D eigenvalue weighted by Gasteiger charge is 2.50. The summed E-state index contributed by atoms with van der Waals surface area (Å²) in [7, 11) is 0. The SMILES string of the molecule is CC1=C2CC[C@H](C(C)C)[C@@]2(C)CC1=O. The number of allylic oxidation sites excluding steroid dienone is 2. The Balaban J connectivity index is 2.40. The average Bonchev–Trinajstić information content (AvgIpc) is 2.49. The van der Waals surface area contributed by atoms with E-state index in [0.717, 1.165) is 24.3 Å². The summed E-state index contributed by atoms with van der Waals surface area (Å²) in [6.07, 6.45) is 3.22. The van der Waals surface area contributed by atoms with Crippen molar-refractivity contribution in [3.63, 3.8) is 0 Å². The van der Waals surface area contributed by atoms with Crippen LogP contribution in [-0.4, -0.2) is 5.78 Å². The number of fused-ring (bicyclic) bond motifs is 1. The molecular formula is C13H20O. The van der Waals surface area contributed by atoms with Crippen LogP contribution in [0.1, 0.15) is 47.0 Å². The first-order valence-corrected chi connectivity index (χ1v) is 5.70. The van der Waals surface area contributed by atoms with Crippen molar-refractivity contribution in [3.8, 4) is 0 Å². The van der Waals surface area contributed by atoms with Crippen LogP contribution < -0.4 is 0 Å². The van der Waals surface area contributed by atoms with Gasteiger partial charge in [0.15, 0.2) is 5.78 Å². The largest absolute Gasteiger partial charge is 0.295 e. The summed E-state index contributed by atoms with van der Waals surface area (Å²) in [6, 6.07) is 0. The molecule has 1 saturated carbocycles. The lowest BCUT2D eigenvalue weighted by atomic mass is 9.72.